The van der Waals surface area contributed by atoms with E-state index in [1.165, 1.54) is 26.3 Å². The molecule has 1 aromatic rings. The van der Waals surface area contributed by atoms with Crippen molar-refractivity contribution in [2.75, 3.05) is 14.2 Å². The third kappa shape index (κ3) is 2.41. The molecule has 0 unspecified atom stereocenters. The number of esters is 1. The van der Waals surface area contributed by atoms with Crippen LogP contribution in [0.25, 0.3) is 0 Å². The number of likely N-dealkylation sites (tertiary alicyclic amines) is 1. The number of nitrogens with one attached hydrogen (secondary N) is 1. The summed E-state index contributed by atoms with van der Waals surface area (Å²) < 4.78 is 5.00. The number of fused-ring (bicyclic) bond motifs is 1. The molecule has 0 spiro atoms. The molecule has 4 atom stereocenters. The summed E-state index contributed by atoms with van der Waals surface area (Å²) in [5.41, 5.74) is -0.486. The lowest BCUT2D eigenvalue weighted by molar-refractivity contribution is -0.154. The van der Waals surface area contributed by atoms with Crippen molar-refractivity contribution in [2.24, 2.45) is 11.8 Å². The molecule has 2 fully saturated rings. The van der Waals surface area contributed by atoms with Gasteiger partial charge >= 0.3 is 5.97 Å². The minimum absolute atomic E-state index is 0.108. The third-order valence-electron chi connectivity index (χ3n) is 5.32. The van der Waals surface area contributed by atoms with Gasteiger partial charge in [-0.05, 0) is 24.1 Å². The van der Waals surface area contributed by atoms with E-state index in [1.807, 2.05) is 6.92 Å². The summed E-state index contributed by atoms with van der Waals surface area (Å²) in [6.07, 6.45) is 1.04. The monoisotopic (exact) mass is 346 g/mol. The standard InChI is InChI=1S/C18H22N2O5/c1-4-9-18(17(24)25-3)13-12(15(22)20(2)16(13)23)14(19-18)10-5-7-11(21)8-6-10/h5-8,12-14,19,21H,4,9H2,1-3H3/t12-,13-,14-,18+/m0/s1. The molecule has 7 heteroatoms. The predicted octanol–water partition coefficient (Wildman–Crippen LogP) is 0.979. The molecule has 0 bridgehead atoms. The normalized spacial score (nSPS) is 31.3. The largest absolute Gasteiger partial charge is 0.508 e. The summed E-state index contributed by atoms with van der Waals surface area (Å²) in [6, 6.07) is 5.93. The van der Waals surface area contributed by atoms with Crippen LogP contribution in [0.15, 0.2) is 24.3 Å². The van der Waals surface area contributed by atoms with Crippen molar-refractivity contribution in [2.45, 2.75) is 31.3 Å². The van der Waals surface area contributed by atoms with Crippen molar-refractivity contribution in [1.29, 1.82) is 0 Å². The number of carbonyl (C=O) groups excluding carboxylic acids is 3. The number of nitrogens with zero attached hydrogens (tertiary/aromatic N) is 1. The average molecular weight is 346 g/mol. The van der Waals surface area contributed by atoms with Gasteiger partial charge in [0.1, 0.15) is 11.3 Å². The van der Waals surface area contributed by atoms with Crippen LogP contribution in [0.4, 0.5) is 0 Å². The number of carbonyl (C=O) groups is 3. The van der Waals surface area contributed by atoms with E-state index < -0.39 is 29.4 Å². The van der Waals surface area contributed by atoms with Crippen LogP contribution in [0.1, 0.15) is 31.4 Å². The van der Waals surface area contributed by atoms with E-state index in [0.29, 0.717) is 12.8 Å². The van der Waals surface area contributed by atoms with Gasteiger partial charge in [0.2, 0.25) is 11.8 Å². The van der Waals surface area contributed by atoms with Crippen LogP contribution < -0.4 is 5.32 Å². The van der Waals surface area contributed by atoms with Gasteiger partial charge in [0.15, 0.2) is 0 Å². The van der Waals surface area contributed by atoms with Crippen LogP contribution >= 0.6 is 0 Å². The lowest BCUT2D eigenvalue weighted by atomic mass is 9.77. The second-order valence-corrected chi connectivity index (χ2v) is 6.67. The number of ether oxygens (including phenoxy) is 1. The van der Waals surface area contributed by atoms with Crippen LogP contribution in [0.2, 0.25) is 0 Å². The van der Waals surface area contributed by atoms with Gasteiger partial charge in [-0.1, -0.05) is 25.5 Å². The molecular formula is C18H22N2O5. The van der Waals surface area contributed by atoms with Gasteiger partial charge in [-0.2, -0.15) is 0 Å². The zero-order chi connectivity index (χ0) is 18.4. The molecular weight excluding hydrogens is 324 g/mol. The summed E-state index contributed by atoms with van der Waals surface area (Å²) in [7, 11) is 2.74. The minimum Gasteiger partial charge on any atom is -0.508 e. The average Bonchev–Trinajstić information content (AvgIpc) is 3.06. The van der Waals surface area contributed by atoms with Crippen molar-refractivity contribution in [3.05, 3.63) is 29.8 Å². The molecule has 134 valence electrons. The Balaban J connectivity index is 2.13. The highest BCUT2D eigenvalue weighted by Gasteiger charge is 2.67. The molecule has 1 aromatic carbocycles. The van der Waals surface area contributed by atoms with Crippen LogP contribution in [0, 0.1) is 11.8 Å². The Morgan fingerprint density at radius 1 is 1.28 bits per heavy atom. The van der Waals surface area contributed by atoms with Crippen molar-refractivity contribution in [3.63, 3.8) is 0 Å². The number of phenolic OH excluding ortho intramolecular Hbond substituents is 1. The van der Waals surface area contributed by atoms with E-state index in [-0.39, 0.29) is 17.6 Å². The molecule has 2 saturated heterocycles. The Morgan fingerprint density at radius 3 is 2.48 bits per heavy atom. The fraction of sp³-hybridized carbons (Fsp3) is 0.500. The second kappa shape index (κ2) is 6.15. The molecule has 2 aliphatic heterocycles. The molecule has 25 heavy (non-hydrogen) atoms. The summed E-state index contributed by atoms with van der Waals surface area (Å²) in [5.74, 6) is -2.55. The van der Waals surface area contributed by atoms with E-state index >= 15 is 0 Å². The second-order valence-electron chi connectivity index (χ2n) is 6.67. The highest BCUT2D eigenvalue weighted by Crippen LogP contribution is 2.50. The third-order valence-corrected chi connectivity index (χ3v) is 5.32. The Hall–Kier alpha value is -2.41. The Kier molecular flexibility index (Phi) is 4.28. The molecule has 7 nitrogen and oxygen atoms in total. The van der Waals surface area contributed by atoms with Crippen LogP contribution in [0.3, 0.4) is 0 Å². The number of phenols is 1. The van der Waals surface area contributed by atoms with Gasteiger partial charge in [0.25, 0.3) is 0 Å². The molecule has 0 saturated carbocycles. The van der Waals surface area contributed by atoms with Gasteiger partial charge in [-0.25, -0.2) is 0 Å². The van der Waals surface area contributed by atoms with E-state index in [4.69, 9.17) is 4.74 Å². The molecule has 0 aliphatic carbocycles. The van der Waals surface area contributed by atoms with Gasteiger partial charge in [0.05, 0.1) is 18.9 Å². The molecule has 2 N–H and O–H groups in total. The van der Waals surface area contributed by atoms with Crippen molar-refractivity contribution >= 4 is 17.8 Å². The number of rotatable bonds is 4. The predicted molar refractivity (Wildman–Crippen MR) is 88.4 cm³/mol. The fourth-order valence-electron chi connectivity index (χ4n) is 4.21. The molecule has 0 radical (unpaired) electrons. The highest BCUT2D eigenvalue weighted by molar-refractivity contribution is 6.09. The van der Waals surface area contributed by atoms with Crippen molar-refractivity contribution < 1.29 is 24.2 Å². The van der Waals surface area contributed by atoms with Crippen LogP contribution in [-0.2, 0) is 19.1 Å². The van der Waals surface area contributed by atoms with E-state index in [0.717, 1.165) is 10.5 Å². The maximum absolute atomic E-state index is 12.8. The highest BCUT2D eigenvalue weighted by atomic mass is 16.5. The fourth-order valence-corrected chi connectivity index (χ4v) is 4.21. The van der Waals surface area contributed by atoms with Gasteiger partial charge in [-0.3, -0.25) is 24.6 Å². The number of hydrogen-bond donors (Lipinski definition) is 2. The number of hydrogen-bond acceptors (Lipinski definition) is 6. The van der Waals surface area contributed by atoms with Crippen molar-refractivity contribution in [1.82, 2.24) is 10.2 Å². The van der Waals surface area contributed by atoms with Crippen LogP contribution in [0.5, 0.6) is 5.75 Å². The minimum atomic E-state index is -1.23. The molecule has 2 heterocycles. The van der Waals surface area contributed by atoms with Gasteiger partial charge in [-0.15, -0.1) is 0 Å². The van der Waals surface area contributed by atoms with E-state index in [2.05, 4.69) is 5.32 Å². The van der Waals surface area contributed by atoms with E-state index in [1.54, 1.807) is 12.1 Å². The van der Waals surface area contributed by atoms with Crippen molar-refractivity contribution in [3.8, 4) is 5.75 Å². The quantitative estimate of drug-likeness (QED) is 0.623. The topological polar surface area (TPSA) is 95.9 Å². The lowest BCUT2D eigenvalue weighted by Gasteiger charge is -2.31. The Bertz CT molecular complexity index is 717. The first-order valence-corrected chi connectivity index (χ1v) is 8.33. The maximum atomic E-state index is 12.8. The first kappa shape index (κ1) is 17.4. The van der Waals surface area contributed by atoms with Gasteiger partial charge in [0, 0.05) is 13.1 Å². The first-order valence-electron chi connectivity index (χ1n) is 8.33. The molecule has 0 aromatic heterocycles. The first-order chi connectivity index (χ1) is 11.9. The molecule has 3 rings (SSSR count). The number of benzene rings is 1. The summed E-state index contributed by atoms with van der Waals surface area (Å²) in [5, 5.41) is 12.8. The SMILES string of the molecule is CCC[C@@]1(C(=O)OC)N[C@@H](c2ccc(O)cc2)[C@H]2C(=O)N(C)C(=O)[C@H]21. The number of aromatic hydroxyl groups is 1. The zero-order valence-corrected chi connectivity index (χ0v) is 14.5. The number of imide groups is 1. The Labute approximate surface area is 146 Å². The summed E-state index contributed by atoms with van der Waals surface area (Å²) in [6.45, 7) is 1.92. The summed E-state index contributed by atoms with van der Waals surface area (Å²) >= 11 is 0. The number of amides is 2. The van der Waals surface area contributed by atoms with Crippen LogP contribution in [-0.4, -0.2) is 47.5 Å². The molecule has 2 aliphatic rings. The smallest absolute Gasteiger partial charge is 0.326 e. The van der Waals surface area contributed by atoms with E-state index in [9.17, 15) is 19.5 Å². The zero-order valence-electron chi connectivity index (χ0n) is 14.5. The number of methoxy groups -OCH3 is 1. The summed E-state index contributed by atoms with van der Waals surface area (Å²) in [4.78, 5) is 39.2. The van der Waals surface area contributed by atoms with Gasteiger partial charge < -0.3 is 9.84 Å². The lowest BCUT2D eigenvalue weighted by Crippen LogP contribution is -2.56. The Morgan fingerprint density at radius 2 is 1.92 bits per heavy atom. The molecule has 2 amide bonds. The maximum Gasteiger partial charge on any atom is 0.326 e.